The number of rotatable bonds is 6. The zero-order valence-corrected chi connectivity index (χ0v) is 14.3. The van der Waals surface area contributed by atoms with E-state index in [0.717, 1.165) is 11.3 Å². The molecule has 3 rings (SSSR count). The first-order valence-electron chi connectivity index (χ1n) is 7.62. The molecule has 0 bridgehead atoms. The van der Waals surface area contributed by atoms with E-state index in [-0.39, 0.29) is 5.75 Å². The number of hydrogen-bond donors (Lipinski definition) is 1. The largest absolute Gasteiger partial charge is 0.223 e. The van der Waals surface area contributed by atoms with E-state index in [1.807, 2.05) is 24.3 Å². The van der Waals surface area contributed by atoms with Crippen LogP contribution in [0.5, 0.6) is 0 Å². The minimum Gasteiger partial charge on any atom is -0.223 e. The summed E-state index contributed by atoms with van der Waals surface area (Å²) in [5.74, 6) is -0.593. The number of nitrogens with one attached hydrogen (secondary N) is 1. The van der Waals surface area contributed by atoms with Crippen molar-refractivity contribution in [1.82, 2.24) is 19.5 Å². The Hall–Kier alpha value is -2.58. The zero-order chi connectivity index (χ0) is 17.9. The summed E-state index contributed by atoms with van der Waals surface area (Å²) in [7, 11) is -3.55. The Morgan fingerprint density at radius 3 is 2.40 bits per heavy atom. The van der Waals surface area contributed by atoms with Gasteiger partial charge in [-0.15, -0.1) is 0 Å². The molecule has 3 aromatic rings. The Labute approximate surface area is 145 Å². The van der Waals surface area contributed by atoms with Crippen LogP contribution in [0.15, 0.2) is 61.2 Å². The normalized spacial score (nSPS) is 12.9. The van der Waals surface area contributed by atoms with Crippen molar-refractivity contribution in [2.75, 3.05) is 0 Å². The van der Waals surface area contributed by atoms with E-state index in [2.05, 4.69) is 14.8 Å². The third-order valence-electron chi connectivity index (χ3n) is 3.70. The van der Waals surface area contributed by atoms with E-state index >= 15 is 0 Å². The molecule has 8 heteroatoms. The van der Waals surface area contributed by atoms with Crippen LogP contribution in [0.25, 0.3) is 5.69 Å². The first-order valence-corrected chi connectivity index (χ1v) is 9.27. The van der Waals surface area contributed by atoms with Gasteiger partial charge in [0.25, 0.3) is 0 Å². The fourth-order valence-electron chi connectivity index (χ4n) is 2.44. The highest BCUT2D eigenvalue weighted by Crippen LogP contribution is 2.17. The molecular weight excluding hydrogens is 343 g/mol. The number of sulfonamides is 1. The maximum absolute atomic E-state index is 12.9. The summed E-state index contributed by atoms with van der Waals surface area (Å²) in [4.78, 5) is 3.89. The van der Waals surface area contributed by atoms with E-state index in [0.29, 0.717) is 5.56 Å². The Kier molecular flexibility index (Phi) is 4.91. The Bertz CT molecular complexity index is 924. The summed E-state index contributed by atoms with van der Waals surface area (Å²) >= 11 is 0. The molecule has 0 fully saturated rings. The van der Waals surface area contributed by atoms with Gasteiger partial charge in [-0.3, -0.25) is 0 Å². The van der Waals surface area contributed by atoms with Gasteiger partial charge in [0.1, 0.15) is 18.5 Å². The van der Waals surface area contributed by atoms with Crippen LogP contribution in [0.3, 0.4) is 0 Å². The average molecular weight is 360 g/mol. The summed E-state index contributed by atoms with van der Waals surface area (Å²) in [6.45, 7) is 1.77. The molecule has 0 spiro atoms. The van der Waals surface area contributed by atoms with Crippen molar-refractivity contribution < 1.29 is 12.8 Å². The average Bonchev–Trinajstić information content (AvgIpc) is 3.11. The van der Waals surface area contributed by atoms with E-state index < -0.39 is 21.9 Å². The van der Waals surface area contributed by atoms with Crippen LogP contribution in [0.2, 0.25) is 0 Å². The van der Waals surface area contributed by atoms with Gasteiger partial charge in [0.2, 0.25) is 10.0 Å². The Morgan fingerprint density at radius 2 is 1.80 bits per heavy atom. The lowest BCUT2D eigenvalue weighted by Gasteiger charge is -2.15. The second-order valence-corrected chi connectivity index (χ2v) is 7.41. The van der Waals surface area contributed by atoms with Crippen LogP contribution in [0, 0.1) is 5.82 Å². The summed E-state index contributed by atoms with van der Waals surface area (Å²) in [6.07, 6.45) is 3.03. The van der Waals surface area contributed by atoms with Crippen LogP contribution >= 0.6 is 0 Å². The molecular formula is C17H17FN4O2S. The lowest BCUT2D eigenvalue weighted by atomic mass is 10.1. The maximum Gasteiger partial charge on any atom is 0.216 e. The molecule has 6 nitrogen and oxygen atoms in total. The second-order valence-electron chi connectivity index (χ2n) is 5.66. The van der Waals surface area contributed by atoms with Gasteiger partial charge in [-0.2, -0.15) is 5.10 Å². The monoisotopic (exact) mass is 360 g/mol. The highest BCUT2D eigenvalue weighted by molar-refractivity contribution is 7.88. The van der Waals surface area contributed by atoms with Gasteiger partial charge in [0.15, 0.2) is 0 Å². The van der Waals surface area contributed by atoms with Crippen molar-refractivity contribution in [3.05, 3.63) is 78.1 Å². The fourth-order valence-corrected chi connectivity index (χ4v) is 3.83. The lowest BCUT2D eigenvalue weighted by Crippen LogP contribution is -2.28. The van der Waals surface area contributed by atoms with Crippen LogP contribution in [-0.4, -0.2) is 23.2 Å². The number of benzene rings is 2. The van der Waals surface area contributed by atoms with Crippen LogP contribution in [-0.2, 0) is 15.8 Å². The summed E-state index contributed by atoms with van der Waals surface area (Å²) in [5.41, 5.74) is 2.19. The van der Waals surface area contributed by atoms with Crippen molar-refractivity contribution in [2.45, 2.75) is 18.7 Å². The molecule has 1 heterocycles. The molecule has 0 radical (unpaired) electrons. The van der Waals surface area contributed by atoms with Gasteiger partial charge in [0.05, 0.1) is 11.4 Å². The first-order chi connectivity index (χ1) is 11.9. The SMILES string of the molecule is C[C@H](NS(=O)(=O)Cc1ccc(F)cc1)c1ccc(-n2cncn2)cc1. The molecule has 1 N–H and O–H groups in total. The van der Waals surface area contributed by atoms with Gasteiger partial charge in [-0.1, -0.05) is 24.3 Å². The highest BCUT2D eigenvalue weighted by atomic mass is 32.2. The molecule has 1 atom stereocenters. The molecule has 0 saturated carbocycles. The predicted octanol–water partition coefficient (Wildman–Crippen LogP) is 2.59. The molecule has 2 aromatic carbocycles. The van der Waals surface area contributed by atoms with Crippen molar-refractivity contribution in [3.63, 3.8) is 0 Å². The van der Waals surface area contributed by atoms with Crippen LogP contribution < -0.4 is 4.72 Å². The van der Waals surface area contributed by atoms with Gasteiger partial charge in [-0.05, 0) is 42.3 Å². The molecule has 0 amide bonds. The number of nitrogens with zero attached hydrogens (tertiary/aromatic N) is 3. The molecule has 0 aliphatic rings. The zero-order valence-electron chi connectivity index (χ0n) is 13.5. The lowest BCUT2D eigenvalue weighted by molar-refractivity contribution is 0.566. The topological polar surface area (TPSA) is 76.9 Å². The number of hydrogen-bond acceptors (Lipinski definition) is 4. The van der Waals surface area contributed by atoms with E-state index in [1.165, 1.54) is 30.6 Å². The predicted molar refractivity (Wildman–Crippen MR) is 91.9 cm³/mol. The Balaban J connectivity index is 1.68. The van der Waals surface area contributed by atoms with Gasteiger partial charge in [0, 0.05) is 6.04 Å². The molecule has 25 heavy (non-hydrogen) atoms. The summed E-state index contributed by atoms with van der Waals surface area (Å²) in [5, 5.41) is 4.04. The van der Waals surface area contributed by atoms with E-state index in [1.54, 1.807) is 17.9 Å². The second kappa shape index (κ2) is 7.12. The van der Waals surface area contributed by atoms with Gasteiger partial charge >= 0.3 is 0 Å². The molecule has 0 aliphatic heterocycles. The van der Waals surface area contributed by atoms with Crippen LogP contribution in [0.1, 0.15) is 24.1 Å². The van der Waals surface area contributed by atoms with Crippen molar-refractivity contribution in [2.24, 2.45) is 0 Å². The van der Waals surface area contributed by atoms with Crippen molar-refractivity contribution in [1.29, 1.82) is 0 Å². The fraction of sp³-hybridized carbons (Fsp3) is 0.176. The van der Waals surface area contributed by atoms with Crippen molar-refractivity contribution >= 4 is 10.0 Å². The first kappa shape index (κ1) is 17.2. The minimum atomic E-state index is -3.55. The Morgan fingerprint density at radius 1 is 1.12 bits per heavy atom. The van der Waals surface area contributed by atoms with E-state index in [4.69, 9.17) is 0 Å². The van der Waals surface area contributed by atoms with E-state index in [9.17, 15) is 12.8 Å². The molecule has 130 valence electrons. The minimum absolute atomic E-state index is 0.200. The molecule has 0 saturated heterocycles. The van der Waals surface area contributed by atoms with Gasteiger partial charge in [-0.25, -0.2) is 27.2 Å². The summed E-state index contributed by atoms with van der Waals surface area (Å²) < 4.78 is 41.8. The quantitative estimate of drug-likeness (QED) is 0.733. The third kappa shape index (κ3) is 4.49. The number of halogens is 1. The molecule has 1 aromatic heterocycles. The maximum atomic E-state index is 12.9. The molecule has 0 aliphatic carbocycles. The van der Waals surface area contributed by atoms with Crippen molar-refractivity contribution in [3.8, 4) is 5.69 Å². The summed E-state index contributed by atoms with van der Waals surface area (Å²) in [6, 6.07) is 12.4. The molecule has 0 unspecified atom stereocenters. The smallest absolute Gasteiger partial charge is 0.216 e. The number of aromatic nitrogens is 3. The van der Waals surface area contributed by atoms with Gasteiger partial charge < -0.3 is 0 Å². The standard InChI is InChI=1S/C17H17FN4O2S/c1-13(15-4-8-17(9-5-15)22-12-19-11-20-22)21-25(23,24)10-14-2-6-16(18)7-3-14/h2-9,11-13,21H,10H2,1H3/t13-/m0/s1. The third-order valence-corrected chi connectivity index (χ3v) is 5.13. The highest BCUT2D eigenvalue weighted by Gasteiger charge is 2.16. The van der Waals surface area contributed by atoms with Crippen LogP contribution in [0.4, 0.5) is 4.39 Å².